The second-order valence-electron chi connectivity index (χ2n) is 7.95. The van der Waals surface area contributed by atoms with Crippen LogP contribution in [0.15, 0.2) is 47.4 Å². The monoisotopic (exact) mass is 401 g/mol. The molecule has 0 unspecified atom stereocenters. The highest BCUT2D eigenvalue weighted by atomic mass is 16.6. The van der Waals surface area contributed by atoms with Gasteiger partial charge in [-0.2, -0.15) is 0 Å². The summed E-state index contributed by atoms with van der Waals surface area (Å²) >= 11 is 0. The summed E-state index contributed by atoms with van der Waals surface area (Å²) in [4.78, 5) is 36.3. The Morgan fingerprint density at radius 1 is 1.03 bits per heavy atom. The van der Waals surface area contributed by atoms with E-state index in [0.29, 0.717) is 23.2 Å². The second kappa shape index (κ2) is 8.61. The average molecular weight is 401 g/mol. The molecule has 7 heteroatoms. The minimum Gasteiger partial charge on any atom is -0.479 e. The zero-order valence-corrected chi connectivity index (χ0v) is 17.1. The Balaban J connectivity index is 2.39. The number of hydrogen-bond donors (Lipinski definition) is 2. The Bertz CT molecular complexity index is 923. The Hall–Kier alpha value is -2.93. The molecule has 0 spiro atoms. The molecule has 0 aliphatic rings. The number of rotatable bonds is 8. The van der Waals surface area contributed by atoms with Gasteiger partial charge in [0.2, 0.25) is 0 Å². The highest BCUT2D eigenvalue weighted by molar-refractivity contribution is 6.02. The third kappa shape index (κ3) is 5.12. The van der Waals surface area contributed by atoms with Gasteiger partial charge in [0.1, 0.15) is 0 Å². The van der Waals surface area contributed by atoms with Gasteiger partial charge in [-0.05, 0) is 50.5 Å². The summed E-state index contributed by atoms with van der Waals surface area (Å²) < 4.78 is 7.12. The molecule has 0 saturated carbocycles. The van der Waals surface area contributed by atoms with Crippen molar-refractivity contribution in [3.8, 4) is 11.1 Å². The van der Waals surface area contributed by atoms with Crippen LogP contribution in [0.2, 0.25) is 0 Å². The fourth-order valence-corrected chi connectivity index (χ4v) is 3.15. The molecular weight excluding hydrogens is 374 g/mol. The van der Waals surface area contributed by atoms with Crippen LogP contribution in [0.4, 0.5) is 0 Å². The first-order chi connectivity index (χ1) is 13.5. The molecular formula is C22H27NO6. The van der Waals surface area contributed by atoms with Gasteiger partial charge >= 0.3 is 11.9 Å². The van der Waals surface area contributed by atoms with Crippen LogP contribution in [0.5, 0.6) is 0 Å². The van der Waals surface area contributed by atoms with E-state index in [2.05, 4.69) is 0 Å². The van der Waals surface area contributed by atoms with Crippen molar-refractivity contribution in [2.45, 2.75) is 58.3 Å². The second-order valence-corrected chi connectivity index (χ2v) is 7.95. The summed E-state index contributed by atoms with van der Waals surface area (Å²) in [5, 5.41) is 19.2. The van der Waals surface area contributed by atoms with Gasteiger partial charge in [-0.3, -0.25) is 4.79 Å². The number of hydrogen-bond acceptors (Lipinski definition) is 4. The molecule has 1 aromatic carbocycles. The maximum atomic E-state index is 12.6. The number of aromatic nitrogens is 1. The van der Waals surface area contributed by atoms with E-state index < -0.39 is 23.1 Å². The van der Waals surface area contributed by atoms with Crippen LogP contribution in [-0.2, 0) is 27.3 Å². The number of benzene rings is 1. The molecule has 0 saturated heterocycles. The first kappa shape index (κ1) is 22.4. The lowest BCUT2D eigenvalue weighted by Crippen LogP contribution is -2.54. The molecule has 2 N–H and O–H groups in total. The van der Waals surface area contributed by atoms with Gasteiger partial charge in [0, 0.05) is 24.7 Å². The van der Waals surface area contributed by atoms with E-state index in [9.17, 15) is 24.6 Å². The maximum absolute atomic E-state index is 12.6. The fourth-order valence-electron chi connectivity index (χ4n) is 3.15. The van der Waals surface area contributed by atoms with E-state index in [4.69, 9.17) is 4.74 Å². The molecule has 0 amide bonds. The topological polar surface area (TPSA) is 106 Å². The summed E-state index contributed by atoms with van der Waals surface area (Å²) in [6.07, 6.45) is 2.23. The molecule has 2 rings (SSSR count). The lowest BCUT2D eigenvalue weighted by atomic mass is 9.92. The predicted molar refractivity (Wildman–Crippen MR) is 109 cm³/mol. The Kier molecular flexibility index (Phi) is 6.64. The standard InChI is InChI=1S/C22H27NO6/c1-5-12-23-13-6-7-17(18(23)24)16-10-8-15(9-11-16)14-22(19(25)26,20(27)28)29-21(2,3)4/h6-11,13H,5,12,14H2,1-4H3,(H,25,26)(H,27,28). The summed E-state index contributed by atoms with van der Waals surface area (Å²) in [5.41, 5.74) is -1.79. The van der Waals surface area contributed by atoms with E-state index in [0.717, 1.165) is 6.42 Å². The van der Waals surface area contributed by atoms with Crippen LogP contribution in [0.25, 0.3) is 11.1 Å². The normalized spacial score (nSPS) is 12.0. The summed E-state index contributed by atoms with van der Waals surface area (Å²) in [7, 11) is 0. The maximum Gasteiger partial charge on any atom is 0.348 e. The first-order valence-corrected chi connectivity index (χ1v) is 9.46. The summed E-state index contributed by atoms with van der Waals surface area (Å²) in [6.45, 7) is 7.42. The van der Waals surface area contributed by atoms with Gasteiger partial charge in [0.15, 0.2) is 0 Å². The van der Waals surface area contributed by atoms with Crippen molar-refractivity contribution >= 4 is 11.9 Å². The van der Waals surface area contributed by atoms with E-state index >= 15 is 0 Å². The lowest BCUT2D eigenvalue weighted by Gasteiger charge is -2.33. The SMILES string of the molecule is CCCn1cccc(-c2ccc(CC(OC(C)(C)C)(C(=O)O)C(=O)O)cc2)c1=O. The van der Waals surface area contributed by atoms with Crippen LogP contribution in [0, 0.1) is 0 Å². The van der Waals surface area contributed by atoms with Gasteiger partial charge in [-0.25, -0.2) is 9.59 Å². The number of pyridine rings is 1. The van der Waals surface area contributed by atoms with Crippen molar-refractivity contribution < 1.29 is 24.5 Å². The highest BCUT2D eigenvalue weighted by Crippen LogP contribution is 2.27. The quantitative estimate of drug-likeness (QED) is 0.658. The van der Waals surface area contributed by atoms with Crippen LogP contribution in [0.3, 0.4) is 0 Å². The zero-order valence-electron chi connectivity index (χ0n) is 17.1. The van der Waals surface area contributed by atoms with Gasteiger partial charge < -0.3 is 19.5 Å². The van der Waals surface area contributed by atoms with Gasteiger partial charge in [-0.1, -0.05) is 31.2 Å². The Morgan fingerprint density at radius 3 is 2.10 bits per heavy atom. The van der Waals surface area contributed by atoms with Crippen molar-refractivity contribution in [1.29, 1.82) is 0 Å². The number of aliphatic carboxylic acids is 2. The van der Waals surface area contributed by atoms with Gasteiger partial charge in [0.05, 0.1) is 5.60 Å². The number of carboxylic acids is 2. The number of carboxylic acid groups (broad SMARTS) is 2. The van der Waals surface area contributed by atoms with Crippen molar-refractivity contribution in [3.63, 3.8) is 0 Å². The molecule has 1 heterocycles. The van der Waals surface area contributed by atoms with Crippen LogP contribution in [-0.4, -0.2) is 37.9 Å². The third-order valence-corrected chi connectivity index (χ3v) is 4.37. The molecule has 0 fully saturated rings. The number of carbonyl (C=O) groups is 2. The van der Waals surface area contributed by atoms with E-state index in [1.165, 1.54) is 0 Å². The lowest BCUT2D eigenvalue weighted by molar-refractivity contribution is -0.199. The minimum atomic E-state index is -2.40. The van der Waals surface area contributed by atoms with E-state index in [1.54, 1.807) is 67.9 Å². The fraction of sp³-hybridized carbons (Fsp3) is 0.409. The van der Waals surface area contributed by atoms with E-state index in [-0.39, 0.29) is 12.0 Å². The predicted octanol–water partition coefficient (Wildman–Crippen LogP) is 3.19. The molecule has 1 aromatic heterocycles. The number of ether oxygens (including phenoxy) is 1. The summed E-state index contributed by atoms with van der Waals surface area (Å²) in [6, 6.07) is 10.2. The first-order valence-electron chi connectivity index (χ1n) is 9.46. The molecule has 29 heavy (non-hydrogen) atoms. The molecule has 0 aliphatic heterocycles. The molecule has 2 aromatic rings. The third-order valence-electron chi connectivity index (χ3n) is 4.37. The average Bonchev–Trinajstić information content (AvgIpc) is 2.62. The molecule has 7 nitrogen and oxygen atoms in total. The zero-order chi connectivity index (χ0) is 21.8. The van der Waals surface area contributed by atoms with Crippen molar-refractivity contribution in [1.82, 2.24) is 4.57 Å². The molecule has 0 radical (unpaired) electrons. The van der Waals surface area contributed by atoms with Gasteiger partial charge in [0.25, 0.3) is 11.2 Å². The van der Waals surface area contributed by atoms with Crippen LogP contribution >= 0.6 is 0 Å². The van der Waals surface area contributed by atoms with E-state index in [1.807, 2.05) is 6.92 Å². The van der Waals surface area contributed by atoms with Crippen molar-refractivity contribution in [2.75, 3.05) is 0 Å². The largest absolute Gasteiger partial charge is 0.479 e. The van der Waals surface area contributed by atoms with Crippen LogP contribution < -0.4 is 5.56 Å². The highest BCUT2D eigenvalue weighted by Gasteiger charge is 2.50. The smallest absolute Gasteiger partial charge is 0.348 e. The Morgan fingerprint density at radius 2 is 1.62 bits per heavy atom. The minimum absolute atomic E-state index is 0.108. The molecule has 0 bridgehead atoms. The van der Waals surface area contributed by atoms with Crippen LogP contribution in [0.1, 0.15) is 39.7 Å². The Labute approximate surface area is 169 Å². The molecule has 0 atom stereocenters. The number of nitrogens with zero attached hydrogens (tertiary/aromatic N) is 1. The summed E-state index contributed by atoms with van der Waals surface area (Å²) in [5.74, 6) is -3.12. The molecule has 0 aliphatic carbocycles. The van der Waals surface area contributed by atoms with Crippen molar-refractivity contribution in [2.24, 2.45) is 0 Å². The number of aryl methyl sites for hydroxylation is 1. The van der Waals surface area contributed by atoms with Crippen molar-refractivity contribution in [3.05, 3.63) is 58.5 Å². The van der Waals surface area contributed by atoms with Gasteiger partial charge in [-0.15, -0.1) is 0 Å². The molecule has 156 valence electrons.